The fourth-order valence-electron chi connectivity index (χ4n) is 1.83. The van der Waals surface area contributed by atoms with Crippen LogP contribution in [0.1, 0.15) is 19.3 Å². The Balaban J connectivity index is 2.17. The third-order valence-corrected chi connectivity index (χ3v) is 3.69. The summed E-state index contributed by atoms with van der Waals surface area (Å²) >= 11 is 1.99. The average molecular weight is 320 g/mol. The van der Waals surface area contributed by atoms with Crippen LogP contribution in [0.2, 0.25) is 0 Å². The Bertz CT molecular complexity index is 405. The van der Waals surface area contributed by atoms with Crippen LogP contribution in [0.15, 0.2) is 11.1 Å². The van der Waals surface area contributed by atoms with E-state index < -0.39 is 0 Å². The van der Waals surface area contributed by atoms with E-state index in [0.717, 1.165) is 19.3 Å². The molecule has 15 heavy (non-hydrogen) atoms. The number of halogens is 1. The molecular weight excluding hydrogens is 307 g/mol. The smallest absolute Gasteiger partial charge is 0.266 e. The Morgan fingerprint density at radius 3 is 3.07 bits per heavy atom. The lowest BCUT2D eigenvalue weighted by Gasteiger charge is -2.18. The number of anilines is 1. The van der Waals surface area contributed by atoms with Gasteiger partial charge >= 0.3 is 0 Å². The summed E-state index contributed by atoms with van der Waals surface area (Å²) in [6, 6.07) is 0.412. The first kappa shape index (κ1) is 10.9. The molecule has 2 atom stereocenters. The first-order chi connectivity index (χ1) is 7.18. The maximum absolute atomic E-state index is 11.3. The van der Waals surface area contributed by atoms with Gasteiger partial charge in [0.15, 0.2) is 0 Å². The van der Waals surface area contributed by atoms with Crippen molar-refractivity contribution >= 4 is 28.4 Å². The predicted molar refractivity (Wildman–Crippen MR) is 66.8 cm³/mol. The monoisotopic (exact) mass is 320 g/mol. The van der Waals surface area contributed by atoms with Gasteiger partial charge in [-0.25, -0.2) is 4.98 Å². The van der Waals surface area contributed by atoms with Crippen LogP contribution in [0.3, 0.4) is 0 Å². The molecule has 0 aliphatic heterocycles. The summed E-state index contributed by atoms with van der Waals surface area (Å²) < 4.78 is 0.592. The molecule has 1 aromatic heterocycles. The van der Waals surface area contributed by atoms with Crippen molar-refractivity contribution in [1.29, 1.82) is 0 Å². The fourth-order valence-corrected chi connectivity index (χ4v) is 2.28. The van der Waals surface area contributed by atoms with Crippen LogP contribution in [0, 0.1) is 3.57 Å². The van der Waals surface area contributed by atoms with Crippen LogP contribution < -0.4 is 16.6 Å². The van der Waals surface area contributed by atoms with Crippen molar-refractivity contribution in [2.75, 3.05) is 5.32 Å². The lowest BCUT2D eigenvalue weighted by Crippen LogP contribution is -2.36. The fraction of sp³-hybridized carbons (Fsp3) is 0.556. The van der Waals surface area contributed by atoms with E-state index in [9.17, 15) is 4.79 Å². The first-order valence-corrected chi connectivity index (χ1v) is 6.01. The Labute approximate surface area is 101 Å². The molecule has 1 saturated carbocycles. The molecule has 0 radical (unpaired) electrons. The topological polar surface area (TPSA) is 83.8 Å². The van der Waals surface area contributed by atoms with E-state index in [-0.39, 0.29) is 17.6 Å². The molecule has 5 nitrogen and oxygen atoms in total. The van der Waals surface area contributed by atoms with Crippen LogP contribution in [-0.4, -0.2) is 22.1 Å². The molecule has 0 bridgehead atoms. The number of nitrogens with one attached hydrogen (secondary N) is 2. The van der Waals surface area contributed by atoms with E-state index >= 15 is 0 Å². The number of hydrogen-bond acceptors (Lipinski definition) is 4. The maximum Gasteiger partial charge on any atom is 0.266 e. The molecule has 0 amide bonds. The zero-order valence-corrected chi connectivity index (χ0v) is 10.3. The number of H-pyrrole nitrogens is 1. The van der Waals surface area contributed by atoms with E-state index in [1.807, 2.05) is 22.6 Å². The van der Waals surface area contributed by atoms with Gasteiger partial charge in [-0.15, -0.1) is 0 Å². The second-order valence-corrected chi connectivity index (χ2v) is 4.82. The lowest BCUT2D eigenvalue weighted by molar-refractivity contribution is 0.634. The first-order valence-electron chi connectivity index (χ1n) is 4.94. The molecule has 0 aromatic carbocycles. The number of aromatic amines is 1. The van der Waals surface area contributed by atoms with Gasteiger partial charge in [0.1, 0.15) is 9.39 Å². The Morgan fingerprint density at radius 2 is 2.40 bits per heavy atom. The minimum atomic E-state index is -0.111. The van der Waals surface area contributed by atoms with Crippen molar-refractivity contribution in [2.45, 2.75) is 31.3 Å². The van der Waals surface area contributed by atoms with Crippen molar-refractivity contribution < 1.29 is 0 Å². The summed E-state index contributed by atoms with van der Waals surface area (Å²) in [6.45, 7) is 0. The van der Waals surface area contributed by atoms with Crippen molar-refractivity contribution in [1.82, 2.24) is 9.97 Å². The van der Waals surface area contributed by atoms with Crippen LogP contribution in [0.4, 0.5) is 5.82 Å². The highest BCUT2D eigenvalue weighted by Crippen LogP contribution is 2.21. The predicted octanol–water partition coefficient (Wildman–Crippen LogP) is 0.666. The standard InChI is InChI=1S/C9H13IN4O/c10-7-8(12-4-13-9(7)15)14-6-3-1-2-5(6)11/h4-6H,1-3,11H2,(H2,12,13,14,15). The van der Waals surface area contributed by atoms with Crippen molar-refractivity contribution in [3.63, 3.8) is 0 Å². The van der Waals surface area contributed by atoms with Gasteiger partial charge in [-0.3, -0.25) is 4.79 Å². The average Bonchev–Trinajstić information content (AvgIpc) is 2.60. The van der Waals surface area contributed by atoms with Gasteiger partial charge in [-0.1, -0.05) is 0 Å². The summed E-state index contributed by atoms with van der Waals surface area (Å²) in [4.78, 5) is 18.0. The van der Waals surface area contributed by atoms with Crippen LogP contribution in [0.25, 0.3) is 0 Å². The zero-order chi connectivity index (χ0) is 10.8. The third-order valence-electron chi connectivity index (χ3n) is 2.69. The molecule has 1 aliphatic rings. The largest absolute Gasteiger partial charge is 0.365 e. The summed E-state index contributed by atoms with van der Waals surface area (Å²) in [7, 11) is 0. The number of rotatable bonds is 2. The van der Waals surface area contributed by atoms with E-state index in [1.54, 1.807) is 0 Å². The van der Waals surface area contributed by atoms with E-state index in [1.165, 1.54) is 6.33 Å². The van der Waals surface area contributed by atoms with Gasteiger partial charge in [0.25, 0.3) is 5.56 Å². The van der Waals surface area contributed by atoms with Gasteiger partial charge in [-0.05, 0) is 41.9 Å². The third kappa shape index (κ3) is 2.31. The molecule has 4 N–H and O–H groups in total. The Morgan fingerprint density at radius 1 is 1.60 bits per heavy atom. The Kier molecular flexibility index (Phi) is 3.25. The lowest BCUT2D eigenvalue weighted by atomic mass is 10.2. The normalized spacial score (nSPS) is 25.5. The van der Waals surface area contributed by atoms with Gasteiger partial charge < -0.3 is 16.0 Å². The molecule has 1 aliphatic carbocycles. The molecule has 2 rings (SSSR count). The second kappa shape index (κ2) is 4.48. The summed E-state index contributed by atoms with van der Waals surface area (Å²) in [6.07, 6.45) is 4.63. The van der Waals surface area contributed by atoms with Crippen LogP contribution >= 0.6 is 22.6 Å². The highest BCUT2D eigenvalue weighted by atomic mass is 127. The highest BCUT2D eigenvalue weighted by Gasteiger charge is 2.24. The van der Waals surface area contributed by atoms with E-state index in [4.69, 9.17) is 5.73 Å². The Hall–Kier alpha value is -0.630. The molecule has 0 spiro atoms. The van der Waals surface area contributed by atoms with Gasteiger partial charge in [0, 0.05) is 12.1 Å². The highest BCUT2D eigenvalue weighted by molar-refractivity contribution is 14.1. The van der Waals surface area contributed by atoms with Gasteiger partial charge in [-0.2, -0.15) is 0 Å². The summed E-state index contributed by atoms with van der Waals surface area (Å²) in [5.74, 6) is 0.640. The molecular formula is C9H13IN4O. The van der Waals surface area contributed by atoms with Crippen molar-refractivity contribution in [2.24, 2.45) is 5.73 Å². The molecule has 1 heterocycles. The van der Waals surface area contributed by atoms with Gasteiger partial charge in [0.05, 0.1) is 6.33 Å². The summed E-state index contributed by atoms with van der Waals surface area (Å²) in [5.41, 5.74) is 5.82. The van der Waals surface area contributed by atoms with Crippen molar-refractivity contribution in [3.05, 3.63) is 20.3 Å². The quantitative estimate of drug-likeness (QED) is 0.699. The van der Waals surface area contributed by atoms with E-state index in [2.05, 4.69) is 15.3 Å². The number of nitrogens with zero attached hydrogens (tertiary/aromatic N) is 1. The molecule has 6 heteroatoms. The van der Waals surface area contributed by atoms with Gasteiger partial charge in [0.2, 0.25) is 0 Å². The SMILES string of the molecule is NC1CCCC1Nc1nc[nH]c(=O)c1I. The van der Waals surface area contributed by atoms with Crippen LogP contribution in [-0.2, 0) is 0 Å². The molecule has 1 fully saturated rings. The summed E-state index contributed by atoms with van der Waals surface area (Å²) in [5, 5.41) is 3.24. The molecule has 0 saturated heterocycles. The minimum absolute atomic E-state index is 0.111. The maximum atomic E-state index is 11.3. The number of nitrogens with two attached hydrogens (primary N) is 1. The number of hydrogen-bond donors (Lipinski definition) is 3. The molecule has 82 valence electrons. The van der Waals surface area contributed by atoms with Crippen molar-refractivity contribution in [3.8, 4) is 0 Å². The van der Waals surface area contributed by atoms with E-state index in [0.29, 0.717) is 9.39 Å². The molecule has 2 unspecified atom stereocenters. The van der Waals surface area contributed by atoms with Crippen LogP contribution in [0.5, 0.6) is 0 Å². The number of aromatic nitrogens is 2. The molecule has 1 aromatic rings. The second-order valence-electron chi connectivity index (χ2n) is 3.74. The minimum Gasteiger partial charge on any atom is -0.365 e. The zero-order valence-electron chi connectivity index (χ0n) is 8.16.